The van der Waals surface area contributed by atoms with Crippen molar-refractivity contribution in [1.82, 2.24) is 4.57 Å². The summed E-state index contributed by atoms with van der Waals surface area (Å²) in [4.78, 5) is 13.4. The molecule has 0 amide bonds. The Bertz CT molecular complexity index is 1210. The fourth-order valence-electron chi connectivity index (χ4n) is 3.96. The first-order chi connectivity index (χ1) is 12.7. The van der Waals surface area contributed by atoms with Crippen LogP contribution in [0.25, 0.3) is 16.6 Å². The Morgan fingerprint density at radius 2 is 1.58 bits per heavy atom. The second kappa shape index (κ2) is 5.60. The summed E-state index contributed by atoms with van der Waals surface area (Å²) in [7, 11) is 0. The molecule has 0 spiro atoms. The van der Waals surface area contributed by atoms with Gasteiger partial charge in [-0.3, -0.25) is 9.36 Å². The first-order valence-electron chi connectivity index (χ1n) is 8.74. The van der Waals surface area contributed by atoms with Crippen molar-refractivity contribution < 1.29 is 5.11 Å². The fourth-order valence-corrected chi connectivity index (χ4v) is 3.96. The zero-order chi connectivity index (χ0) is 17.7. The highest BCUT2D eigenvalue weighted by molar-refractivity contribution is 5.91. The molecule has 0 radical (unpaired) electrons. The predicted molar refractivity (Wildman–Crippen MR) is 103 cm³/mol. The number of fused-ring (bicyclic) bond motifs is 2. The van der Waals surface area contributed by atoms with E-state index in [2.05, 4.69) is 6.07 Å². The molecule has 1 aromatic heterocycles. The van der Waals surface area contributed by atoms with Crippen LogP contribution in [-0.4, -0.2) is 9.67 Å². The van der Waals surface area contributed by atoms with E-state index in [-0.39, 0.29) is 11.3 Å². The van der Waals surface area contributed by atoms with Crippen molar-refractivity contribution in [3.63, 3.8) is 0 Å². The molecule has 0 saturated carbocycles. The standard InChI is InChI=1S/C23H17NO2/c25-22-18-11-6-10-17-14-16-9-4-5-12-20(16)24(21(17)18)23(26)19(22)13-15-7-2-1-3-8-15/h1-12,25H,13-14H2. The van der Waals surface area contributed by atoms with Crippen LogP contribution < -0.4 is 5.56 Å². The second-order valence-corrected chi connectivity index (χ2v) is 6.75. The maximum absolute atomic E-state index is 13.4. The quantitative estimate of drug-likeness (QED) is 0.524. The minimum absolute atomic E-state index is 0.103. The van der Waals surface area contributed by atoms with Gasteiger partial charge in [-0.05, 0) is 28.8 Å². The Labute approximate surface area is 150 Å². The van der Waals surface area contributed by atoms with Gasteiger partial charge in [-0.25, -0.2) is 0 Å². The lowest BCUT2D eigenvalue weighted by Crippen LogP contribution is -2.27. The highest BCUT2D eigenvalue weighted by atomic mass is 16.3. The maximum Gasteiger partial charge on any atom is 0.262 e. The molecular weight excluding hydrogens is 322 g/mol. The molecule has 0 fully saturated rings. The van der Waals surface area contributed by atoms with E-state index >= 15 is 0 Å². The molecule has 5 rings (SSSR count). The smallest absolute Gasteiger partial charge is 0.262 e. The van der Waals surface area contributed by atoms with Crippen LogP contribution in [0.5, 0.6) is 5.75 Å². The maximum atomic E-state index is 13.4. The third-order valence-corrected chi connectivity index (χ3v) is 5.18. The van der Waals surface area contributed by atoms with E-state index < -0.39 is 0 Å². The van der Waals surface area contributed by atoms with Gasteiger partial charge in [0, 0.05) is 18.2 Å². The minimum atomic E-state index is -0.140. The van der Waals surface area contributed by atoms with Crippen LogP contribution in [0.2, 0.25) is 0 Å². The van der Waals surface area contributed by atoms with E-state index in [0.717, 1.165) is 39.7 Å². The molecule has 0 atom stereocenters. The summed E-state index contributed by atoms with van der Waals surface area (Å²) >= 11 is 0. The molecule has 3 nitrogen and oxygen atoms in total. The highest BCUT2D eigenvalue weighted by Crippen LogP contribution is 2.36. The lowest BCUT2D eigenvalue weighted by atomic mass is 9.94. The monoisotopic (exact) mass is 339 g/mol. The molecule has 2 heterocycles. The topological polar surface area (TPSA) is 42.2 Å². The molecule has 26 heavy (non-hydrogen) atoms. The summed E-state index contributed by atoms with van der Waals surface area (Å²) in [6, 6.07) is 23.7. The zero-order valence-corrected chi connectivity index (χ0v) is 14.1. The molecule has 0 aliphatic carbocycles. The Morgan fingerprint density at radius 3 is 2.42 bits per heavy atom. The van der Waals surface area contributed by atoms with Crippen LogP contribution in [0.15, 0.2) is 77.6 Å². The van der Waals surface area contributed by atoms with Gasteiger partial charge in [-0.2, -0.15) is 0 Å². The van der Waals surface area contributed by atoms with Gasteiger partial charge in [0.1, 0.15) is 5.75 Å². The van der Waals surface area contributed by atoms with Crippen molar-refractivity contribution in [3.8, 4) is 11.4 Å². The van der Waals surface area contributed by atoms with Gasteiger partial charge in [0.15, 0.2) is 0 Å². The van der Waals surface area contributed by atoms with E-state index in [9.17, 15) is 9.90 Å². The van der Waals surface area contributed by atoms with Crippen LogP contribution in [-0.2, 0) is 12.8 Å². The normalized spacial score (nSPS) is 12.2. The summed E-state index contributed by atoms with van der Waals surface area (Å²) in [5.74, 6) is 0.103. The molecule has 126 valence electrons. The first kappa shape index (κ1) is 15.0. The molecule has 1 aliphatic rings. The largest absolute Gasteiger partial charge is 0.507 e. The summed E-state index contributed by atoms with van der Waals surface area (Å²) in [6.07, 6.45) is 1.18. The number of pyridine rings is 1. The van der Waals surface area contributed by atoms with E-state index in [1.54, 1.807) is 4.57 Å². The molecule has 0 unspecified atom stereocenters. The lowest BCUT2D eigenvalue weighted by molar-refractivity contribution is 0.473. The lowest BCUT2D eigenvalue weighted by Gasteiger charge is -2.24. The van der Waals surface area contributed by atoms with Gasteiger partial charge in [0.05, 0.1) is 16.8 Å². The van der Waals surface area contributed by atoms with E-state index in [1.807, 2.05) is 66.7 Å². The molecule has 4 aromatic rings. The number of benzene rings is 3. The number of hydrogen-bond acceptors (Lipinski definition) is 2. The molecule has 3 aromatic carbocycles. The fraction of sp³-hybridized carbons (Fsp3) is 0.0870. The van der Waals surface area contributed by atoms with Gasteiger partial charge in [0.2, 0.25) is 0 Å². The van der Waals surface area contributed by atoms with Crippen molar-refractivity contribution in [1.29, 1.82) is 0 Å². The Balaban J connectivity index is 1.87. The number of nitrogens with zero attached hydrogens (tertiary/aromatic N) is 1. The number of aromatic hydroxyl groups is 1. The summed E-state index contributed by atoms with van der Waals surface area (Å²) in [5.41, 5.74) is 5.25. The molecule has 1 N–H and O–H groups in total. The van der Waals surface area contributed by atoms with Gasteiger partial charge < -0.3 is 5.11 Å². The number of aromatic nitrogens is 1. The van der Waals surface area contributed by atoms with Gasteiger partial charge in [-0.15, -0.1) is 0 Å². The third kappa shape index (κ3) is 2.10. The van der Waals surface area contributed by atoms with Gasteiger partial charge >= 0.3 is 0 Å². The van der Waals surface area contributed by atoms with Gasteiger partial charge in [0.25, 0.3) is 5.56 Å². The number of hydrogen-bond donors (Lipinski definition) is 1. The van der Waals surface area contributed by atoms with Crippen LogP contribution in [0, 0.1) is 0 Å². The minimum Gasteiger partial charge on any atom is -0.507 e. The van der Waals surface area contributed by atoms with Crippen molar-refractivity contribution in [2.24, 2.45) is 0 Å². The number of rotatable bonds is 2. The van der Waals surface area contributed by atoms with Crippen molar-refractivity contribution in [3.05, 3.63) is 105 Å². The molecule has 0 saturated heterocycles. The van der Waals surface area contributed by atoms with Crippen molar-refractivity contribution in [2.45, 2.75) is 12.8 Å². The first-order valence-corrected chi connectivity index (χ1v) is 8.74. The van der Waals surface area contributed by atoms with Gasteiger partial charge in [-0.1, -0.05) is 60.7 Å². The SMILES string of the molecule is O=c1c(Cc2ccccc2)c(O)c2cccc3c2n1-c1ccccc1C3. The van der Waals surface area contributed by atoms with Crippen molar-refractivity contribution >= 4 is 10.9 Å². The predicted octanol–water partition coefficient (Wildman–Crippen LogP) is 4.19. The van der Waals surface area contributed by atoms with E-state index in [1.165, 1.54) is 0 Å². The average Bonchev–Trinajstić information content (AvgIpc) is 2.68. The third-order valence-electron chi connectivity index (χ3n) is 5.18. The van der Waals surface area contributed by atoms with Crippen molar-refractivity contribution in [2.75, 3.05) is 0 Å². The van der Waals surface area contributed by atoms with E-state index in [0.29, 0.717) is 12.0 Å². The molecular formula is C23H17NO2. The highest BCUT2D eigenvalue weighted by Gasteiger charge is 2.24. The van der Waals surface area contributed by atoms with Crippen LogP contribution in [0.3, 0.4) is 0 Å². The van der Waals surface area contributed by atoms with Crippen LogP contribution >= 0.6 is 0 Å². The molecule has 1 aliphatic heterocycles. The van der Waals surface area contributed by atoms with E-state index in [4.69, 9.17) is 0 Å². The zero-order valence-electron chi connectivity index (χ0n) is 14.1. The summed E-state index contributed by atoms with van der Waals surface area (Å²) in [6.45, 7) is 0. The van der Waals surface area contributed by atoms with Crippen LogP contribution in [0.4, 0.5) is 0 Å². The average molecular weight is 339 g/mol. The number of para-hydroxylation sites is 2. The Morgan fingerprint density at radius 1 is 0.846 bits per heavy atom. The Kier molecular flexibility index (Phi) is 3.22. The summed E-state index contributed by atoms with van der Waals surface area (Å²) in [5, 5.41) is 11.6. The molecule has 3 heteroatoms. The molecule has 0 bridgehead atoms. The second-order valence-electron chi connectivity index (χ2n) is 6.75. The summed E-state index contributed by atoms with van der Waals surface area (Å²) < 4.78 is 1.78. The Hall–Kier alpha value is -3.33. The van der Waals surface area contributed by atoms with Crippen LogP contribution in [0.1, 0.15) is 22.3 Å².